The smallest absolute Gasteiger partial charge is 0.273 e. The molecule has 1 aliphatic heterocycles. The zero-order chi connectivity index (χ0) is 19.5. The molecule has 1 saturated heterocycles. The summed E-state index contributed by atoms with van der Waals surface area (Å²) in [7, 11) is 0. The summed E-state index contributed by atoms with van der Waals surface area (Å²) in [6.45, 7) is 1.18. The van der Waals surface area contributed by atoms with Crippen molar-refractivity contribution in [2.75, 3.05) is 13.1 Å². The molecule has 0 aromatic carbocycles. The van der Waals surface area contributed by atoms with Crippen molar-refractivity contribution in [3.63, 3.8) is 0 Å². The number of pyridine rings is 1. The Balaban J connectivity index is 1.33. The third-order valence-electron chi connectivity index (χ3n) is 4.55. The van der Waals surface area contributed by atoms with Crippen LogP contribution in [-0.4, -0.2) is 45.8 Å². The number of halogens is 1. The molecule has 3 aromatic heterocycles. The highest BCUT2D eigenvalue weighted by Crippen LogP contribution is 2.33. The quantitative estimate of drug-likeness (QED) is 0.677. The third-order valence-corrected chi connectivity index (χ3v) is 6.79. The van der Waals surface area contributed by atoms with Crippen LogP contribution in [-0.2, 0) is 0 Å². The van der Waals surface area contributed by atoms with E-state index in [0.717, 1.165) is 22.7 Å². The van der Waals surface area contributed by atoms with Crippen LogP contribution in [0.1, 0.15) is 33.7 Å². The fourth-order valence-electron chi connectivity index (χ4n) is 3.07. The highest BCUT2D eigenvalue weighted by molar-refractivity contribution is 7.23. The SMILES string of the molecule is O=C(NC1CCN(C(=O)c2csc(-c3ccc(Cl)s3)n2)CC1)c1cccnc1. The number of piperidine rings is 1. The van der Waals surface area contributed by atoms with Crippen molar-refractivity contribution < 1.29 is 9.59 Å². The van der Waals surface area contributed by atoms with E-state index in [4.69, 9.17) is 11.6 Å². The van der Waals surface area contributed by atoms with Gasteiger partial charge < -0.3 is 10.2 Å². The number of thiophene rings is 1. The van der Waals surface area contributed by atoms with Crippen molar-refractivity contribution in [2.24, 2.45) is 0 Å². The van der Waals surface area contributed by atoms with Gasteiger partial charge in [-0.2, -0.15) is 0 Å². The Labute approximate surface area is 175 Å². The first-order valence-corrected chi connectivity index (χ1v) is 10.9. The van der Waals surface area contributed by atoms with Gasteiger partial charge in [-0.15, -0.1) is 22.7 Å². The van der Waals surface area contributed by atoms with Crippen molar-refractivity contribution >= 4 is 46.1 Å². The Morgan fingerprint density at radius 3 is 2.71 bits per heavy atom. The Morgan fingerprint density at radius 1 is 1.21 bits per heavy atom. The lowest BCUT2D eigenvalue weighted by Crippen LogP contribution is -2.46. The van der Waals surface area contributed by atoms with Gasteiger partial charge in [-0.05, 0) is 37.1 Å². The van der Waals surface area contributed by atoms with Crippen LogP contribution in [0.3, 0.4) is 0 Å². The van der Waals surface area contributed by atoms with E-state index in [1.807, 2.05) is 12.1 Å². The molecule has 4 heterocycles. The van der Waals surface area contributed by atoms with Crippen LogP contribution in [0.15, 0.2) is 42.0 Å². The number of aromatic nitrogens is 2. The minimum Gasteiger partial charge on any atom is -0.349 e. The van der Waals surface area contributed by atoms with Gasteiger partial charge in [-0.3, -0.25) is 14.6 Å². The van der Waals surface area contributed by atoms with Crippen molar-refractivity contribution in [1.82, 2.24) is 20.2 Å². The number of carbonyl (C=O) groups is 2. The van der Waals surface area contributed by atoms with E-state index in [9.17, 15) is 9.59 Å². The predicted molar refractivity (Wildman–Crippen MR) is 111 cm³/mol. The minimum absolute atomic E-state index is 0.0519. The standard InChI is InChI=1S/C19H17ClN4O2S2/c20-16-4-3-15(28-16)18-23-14(11-27-18)19(26)24-8-5-13(6-9-24)22-17(25)12-2-1-7-21-10-12/h1-4,7,10-11,13H,5-6,8-9H2,(H,22,25). The molecule has 3 aromatic rings. The first kappa shape index (κ1) is 19.0. The first-order chi connectivity index (χ1) is 13.6. The van der Waals surface area contributed by atoms with E-state index >= 15 is 0 Å². The topological polar surface area (TPSA) is 75.2 Å². The van der Waals surface area contributed by atoms with E-state index in [1.165, 1.54) is 22.7 Å². The summed E-state index contributed by atoms with van der Waals surface area (Å²) in [6.07, 6.45) is 4.62. The molecule has 6 nitrogen and oxygen atoms in total. The minimum atomic E-state index is -0.128. The lowest BCUT2D eigenvalue weighted by molar-refractivity contribution is 0.0693. The second kappa shape index (κ2) is 8.38. The van der Waals surface area contributed by atoms with Gasteiger partial charge in [0.1, 0.15) is 10.7 Å². The third kappa shape index (κ3) is 4.24. The Hall–Kier alpha value is -2.29. The Morgan fingerprint density at radius 2 is 2.04 bits per heavy atom. The molecular formula is C19H17ClN4O2S2. The zero-order valence-corrected chi connectivity index (χ0v) is 17.2. The Kier molecular flexibility index (Phi) is 5.70. The van der Waals surface area contributed by atoms with Gasteiger partial charge in [0.2, 0.25) is 0 Å². The van der Waals surface area contributed by atoms with E-state index in [-0.39, 0.29) is 17.9 Å². The maximum absolute atomic E-state index is 12.8. The van der Waals surface area contributed by atoms with Gasteiger partial charge in [-0.25, -0.2) is 4.98 Å². The van der Waals surface area contributed by atoms with Crippen LogP contribution in [0, 0.1) is 0 Å². The number of nitrogens with zero attached hydrogens (tertiary/aromatic N) is 3. The highest BCUT2D eigenvalue weighted by Gasteiger charge is 2.26. The molecule has 0 spiro atoms. The fraction of sp³-hybridized carbons (Fsp3) is 0.263. The Bertz CT molecular complexity index is 981. The molecular weight excluding hydrogens is 416 g/mol. The monoisotopic (exact) mass is 432 g/mol. The van der Waals surface area contributed by atoms with Gasteiger partial charge in [0.25, 0.3) is 11.8 Å². The number of nitrogens with one attached hydrogen (secondary N) is 1. The normalized spacial score (nSPS) is 14.8. The molecule has 28 heavy (non-hydrogen) atoms. The van der Waals surface area contributed by atoms with Gasteiger partial charge in [0, 0.05) is 36.9 Å². The van der Waals surface area contributed by atoms with Gasteiger partial charge >= 0.3 is 0 Å². The molecule has 144 valence electrons. The summed E-state index contributed by atoms with van der Waals surface area (Å²) >= 11 is 8.87. The summed E-state index contributed by atoms with van der Waals surface area (Å²) in [6, 6.07) is 7.27. The van der Waals surface area contributed by atoms with Crippen molar-refractivity contribution in [1.29, 1.82) is 0 Å². The van der Waals surface area contributed by atoms with Crippen molar-refractivity contribution in [2.45, 2.75) is 18.9 Å². The molecule has 4 rings (SSSR count). The number of amides is 2. The molecule has 1 aliphatic rings. The number of thiazole rings is 1. The van der Waals surface area contributed by atoms with E-state index in [2.05, 4.69) is 15.3 Å². The van der Waals surface area contributed by atoms with Gasteiger partial charge in [0.05, 0.1) is 14.8 Å². The molecule has 0 bridgehead atoms. The maximum Gasteiger partial charge on any atom is 0.273 e. The summed E-state index contributed by atoms with van der Waals surface area (Å²) < 4.78 is 0.702. The van der Waals surface area contributed by atoms with Crippen LogP contribution in [0.25, 0.3) is 9.88 Å². The van der Waals surface area contributed by atoms with E-state index in [0.29, 0.717) is 28.7 Å². The van der Waals surface area contributed by atoms with Crippen LogP contribution in [0.5, 0.6) is 0 Å². The number of hydrogen-bond acceptors (Lipinski definition) is 6. The summed E-state index contributed by atoms with van der Waals surface area (Å²) in [5.41, 5.74) is 1.01. The van der Waals surface area contributed by atoms with Crippen molar-refractivity contribution in [3.8, 4) is 9.88 Å². The van der Waals surface area contributed by atoms with Crippen LogP contribution in [0.2, 0.25) is 4.34 Å². The molecule has 0 saturated carbocycles. The second-order valence-corrected chi connectivity index (χ2v) is 9.00. The molecule has 9 heteroatoms. The predicted octanol–water partition coefficient (Wildman–Crippen LogP) is 3.95. The molecule has 0 radical (unpaired) electrons. The maximum atomic E-state index is 12.8. The molecule has 1 N–H and O–H groups in total. The molecule has 0 atom stereocenters. The van der Waals surface area contributed by atoms with Crippen LogP contribution >= 0.6 is 34.3 Å². The van der Waals surface area contributed by atoms with E-state index in [1.54, 1.807) is 34.8 Å². The van der Waals surface area contributed by atoms with Gasteiger partial charge in [0.15, 0.2) is 0 Å². The molecule has 0 aliphatic carbocycles. The highest BCUT2D eigenvalue weighted by atomic mass is 35.5. The average Bonchev–Trinajstić information content (AvgIpc) is 3.38. The lowest BCUT2D eigenvalue weighted by Gasteiger charge is -2.32. The number of hydrogen-bond donors (Lipinski definition) is 1. The summed E-state index contributed by atoms with van der Waals surface area (Å²) in [5.74, 6) is -0.196. The largest absolute Gasteiger partial charge is 0.349 e. The molecule has 0 unspecified atom stereocenters. The lowest BCUT2D eigenvalue weighted by atomic mass is 10.0. The fourth-order valence-corrected chi connectivity index (χ4v) is 4.98. The zero-order valence-electron chi connectivity index (χ0n) is 14.8. The average molecular weight is 433 g/mol. The van der Waals surface area contributed by atoms with Crippen LogP contribution < -0.4 is 5.32 Å². The summed E-state index contributed by atoms with van der Waals surface area (Å²) in [5, 5.41) is 5.62. The number of rotatable bonds is 4. The molecule has 2 amide bonds. The van der Waals surface area contributed by atoms with Gasteiger partial charge in [-0.1, -0.05) is 11.6 Å². The first-order valence-electron chi connectivity index (χ1n) is 8.81. The second-order valence-electron chi connectivity index (χ2n) is 6.42. The van der Waals surface area contributed by atoms with Crippen LogP contribution in [0.4, 0.5) is 0 Å². The van der Waals surface area contributed by atoms with E-state index < -0.39 is 0 Å². The number of likely N-dealkylation sites (tertiary alicyclic amines) is 1. The number of carbonyl (C=O) groups excluding carboxylic acids is 2. The molecule has 1 fully saturated rings. The van der Waals surface area contributed by atoms with Crippen molar-refractivity contribution in [3.05, 3.63) is 57.6 Å². The summed E-state index contributed by atoms with van der Waals surface area (Å²) in [4.78, 5) is 36.2.